The first-order valence-electron chi connectivity index (χ1n) is 3.87. The molecular formula is C8H7N3O2S. The van der Waals surface area contributed by atoms with Crippen LogP contribution in [-0.4, -0.2) is 23.2 Å². The van der Waals surface area contributed by atoms with Gasteiger partial charge in [-0.1, -0.05) is 6.07 Å². The average molecular weight is 209 g/mol. The third-order valence-corrected chi connectivity index (χ3v) is 2.42. The van der Waals surface area contributed by atoms with E-state index < -0.39 is 10.7 Å². The van der Waals surface area contributed by atoms with Gasteiger partial charge in [-0.2, -0.15) is 5.10 Å². The minimum atomic E-state index is -2.55. The van der Waals surface area contributed by atoms with Gasteiger partial charge >= 0.3 is 0 Å². The lowest BCUT2D eigenvalue weighted by Crippen LogP contribution is -1.94. The number of hydrogen-bond acceptors (Lipinski definition) is 4. The van der Waals surface area contributed by atoms with Gasteiger partial charge in [0.2, 0.25) is 0 Å². The highest BCUT2D eigenvalue weighted by molar-refractivity contribution is 7.72. The Morgan fingerprint density at radius 1 is 1.29 bits per heavy atom. The van der Waals surface area contributed by atoms with Crippen molar-refractivity contribution >= 4 is 10.7 Å². The summed E-state index contributed by atoms with van der Waals surface area (Å²) in [4.78, 5) is 4.05. The molecule has 0 aliphatic carbocycles. The summed E-state index contributed by atoms with van der Waals surface area (Å²) in [6, 6.07) is 6.50. The molecule has 0 amide bonds. The van der Waals surface area contributed by atoms with Gasteiger partial charge in [0, 0.05) is 0 Å². The van der Waals surface area contributed by atoms with Crippen LogP contribution >= 0.6 is 0 Å². The van der Waals surface area contributed by atoms with E-state index in [0.29, 0.717) is 5.69 Å². The van der Waals surface area contributed by atoms with E-state index in [0.717, 1.165) is 0 Å². The molecule has 1 aromatic carbocycles. The van der Waals surface area contributed by atoms with E-state index in [2.05, 4.69) is 10.1 Å². The predicted octanol–water partition coefficient (Wildman–Crippen LogP) is 0.238. The molecule has 14 heavy (non-hydrogen) atoms. The third kappa shape index (κ3) is 1.64. The molecule has 0 aliphatic heterocycles. The summed E-state index contributed by atoms with van der Waals surface area (Å²) in [6.07, 6.45) is 2.90. The minimum Gasteiger partial charge on any atom is -0.227 e. The number of aromatic nitrogens is 3. The summed E-state index contributed by atoms with van der Waals surface area (Å²) in [7, 11) is -2.55. The Bertz CT molecular complexity index is 497. The van der Waals surface area contributed by atoms with Crippen LogP contribution in [0.3, 0.4) is 0 Å². The van der Waals surface area contributed by atoms with Crippen molar-refractivity contribution in [2.45, 2.75) is 4.90 Å². The van der Waals surface area contributed by atoms with E-state index in [1.165, 1.54) is 23.4 Å². The van der Waals surface area contributed by atoms with Crippen molar-refractivity contribution in [2.75, 3.05) is 0 Å². The van der Waals surface area contributed by atoms with Gasteiger partial charge in [-0.15, -0.1) is 0 Å². The summed E-state index contributed by atoms with van der Waals surface area (Å²) in [5.41, 5.74) is 0.680. The Hall–Kier alpha value is -1.69. The molecule has 0 spiro atoms. The average Bonchev–Trinajstić information content (AvgIpc) is 2.71. The summed E-state index contributed by atoms with van der Waals surface area (Å²) in [6.45, 7) is 0. The molecule has 2 aromatic rings. The fourth-order valence-electron chi connectivity index (χ4n) is 1.09. The second kappa shape index (κ2) is 3.59. The quantitative estimate of drug-likeness (QED) is 0.719. The zero-order valence-corrected chi connectivity index (χ0v) is 7.96. The van der Waals surface area contributed by atoms with E-state index in [9.17, 15) is 8.42 Å². The highest BCUT2D eigenvalue weighted by Gasteiger charge is 1.99. The number of thiol groups is 1. The van der Waals surface area contributed by atoms with Crippen LogP contribution in [0.25, 0.3) is 5.69 Å². The van der Waals surface area contributed by atoms with Crippen LogP contribution in [-0.2, 0) is 10.7 Å². The second-order valence-corrected chi connectivity index (χ2v) is 3.65. The van der Waals surface area contributed by atoms with Crippen LogP contribution in [0.5, 0.6) is 0 Å². The predicted molar refractivity (Wildman–Crippen MR) is 49.9 cm³/mol. The molecule has 0 atom stereocenters. The molecular weight excluding hydrogens is 202 g/mol. The Labute approximate surface area is 82.0 Å². The molecule has 0 unspecified atom stereocenters. The van der Waals surface area contributed by atoms with Crippen molar-refractivity contribution in [2.24, 2.45) is 0 Å². The van der Waals surface area contributed by atoms with Crippen molar-refractivity contribution in [1.29, 1.82) is 0 Å². The molecule has 1 heterocycles. The van der Waals surface area contributed by atoms with Crippen LogP contribution in [0.15, 0.2) is 41.8 Å². The smallest absolute Gasteiger partial charge is 0.168 e. The first-order valence-corrected chi connectivity index (χ1v) is 5.04. The molecule has 1 aromatic heterocycles. The maximum atomic E-state index is 10.7. The molecule has 5 nitrogen and oxygen atoms in total. The SMILES string of the molecule is O=[SH](=O)c1cccc(-n2cncn2)c1. The van der Waals surface area contributed by atoms with Gasteiger partial charge in [0.05, 0.1) is 10.6 Å². The van der Waals surface area contributed by atoms with E-state index in [1.54, 1.807) is 18.2 Å². The lowest BCUT2D eigenvalue weighted by atomic mass is 10.3. The first kappa shape index (κ1) is 8.89. The summed E-state index contributed by atoms with van der Waals surface area (Å²) >= 11 is 0. The van der Waals surface area contributed by atoms with Crippen LogP contribution in [0.2, 0.25) is 0 Å². The molecule has 0 radical (unpaired) electrons. The van der Waals surface area contributed by atoms with E-state index >= 15 is 0 Å². The second-order valence-electron chi connectivity index (χ2n) is 2.62. The van der Waals surface area contributed by atoms with Gasteiger partial charge in [0.25, 0.3) is 0 Å². The largest absolute Gasteiger partial charge is 0.227 e. The van der Waals surface area contributed by atoms with Crippen molar-refractivity contribution in [3.8, 4) is 5.69 Å². The van der Waals surface area contributed by atoms with Gasteiger partial charge in [0.1, 0.15) is 12.7 Å². The Kier molecular flexibility index (Phi) is 2.28. The fraction of sp³-hybridized carbons (Fsp3) is 0. The fourth-order valence-corrected chi connectivity index (χ4v) is 1.54. The molecule has 0 bridgehead atoms. The summed E-state index contributed by atoms with van der Waals surface area (Å²) < 4.78 is 22.9. The van der Waals surface area contributed by atoms with Crippen molar-refractivity contribution in [3.05, 3.63) is 36.9 Å². The Balaban J connectivity index is 2.51. The van der Waals surface area contributed by atoms with Crippen molar-refractivity contribution < 1.29 is 8.42 Å². The zero-order chi connectivity index (χ0) is 9.97. The number of hydrogen-bond donors (Lipinski definition) is 1. The molecule has 0 saturated heterocycles. The Morgan fingerprint density at radius 3 is 2.79 bits per heavy atom. The van der Waals surface area contributed by atoms with E-state index in [4.69, 9.17) is 0 Å². The minimum absolute atomic E-state index is 0.271. The van der Waals surface area contributed by atoms with Crippen LogP contribution in [0.4, 0.5) is 0 Å². The number of rotatable bonds is 2. The highest BCUT2D eigenvalue weighted by atomic mass is 32.2. The summed E-state index contributed by atoms with van der Waals surface area (Å²) in [5, 5.41) is 3.90. The monoisotopic (exact) mass is 209 g/mol. The highest BCUT2D eigenvalue weighted by Crippen LogP contribution is 2.09. The molecule has 0 saturated carbocycles. The van der Waals surface area contributed by atoms with Gasteiger partial charge in [-0.05, 0) is 18.2 Å². The van der Waals surface area contributed by atoms with E-state index in [-0.39, 0.29) is 4.90 Å². The molecule has 72 valence electrons. The molecule has 0 aliphatic rings. The first-order chi connectivity index (χ1) is 6.77. The van der Waals surface area contributed by atoms with Crippen LogP contribution < -0.4 is 0 Å². The lowest BCUT2D eigenvalue weighted by Gasteiger charge is -1.99. The van der Waals surface area contributed by atoms with Crippen molar-refractivity contribution in [1.82, 2.24) is 14.8 Å². The lowest BCUT2D eigenvalue weighted by molar-refractivity contribution is 0.614. The number of benzene rings is 1. The molecule has 2 rings (SSSR count). The Morgan fingerprint density at radius 2 is 2.14 bits per heavy atom. The van der Waals surface area contributed by atoms with Gasteiger partial charge < -0.3 is 0 Å². The van der Waals surface area contributed by atoms with E-state index in [1.807, 2.05) is 0 Å². The van der Waals surface area contributed by atoms with Gasteiger partial charge in [0.15, 0.2) is 10.7 Å². The van der Waals surface area contributed by atoms with Crippen molar-refractivity contribution in [3.63, 3.8) is 0 Å². The number of nitrogens with zero attached hydrogens (tertiary/aromatic N) is 3. The molecule has 0 fully saturated rings. The van der Waals surface area contributed by atoms with Crippen LogP contribution in [0.1, 0.15) is 0 Å². The normalized spacial score (nSPS) is 10.6. The maximum Gasteiger partial charge on any atom is 0.168 e. The van der Waals surface area contributed by atoms with Gasteiger partial charge in [-0.3, -0.25) is 0 Å². The standard InChI is InChI=1S/C8H7N3O2S/c12-14(13)8-3-1-2-7(4-8)11-6-9-5-10-11/h1-6,14H. The third-order valence-electron chi connectivity index (χ3n) is 1.72. The van der Waals surface area contributed by atoms with Crippen LogP contribution in [0, 0.1) is 0 Å². The summed E-state index contributed by atoms with van der Waals surface area (Å²) in [5.74, 6) is 0. The molecule has 6 heteroatoms. The maximum absolute atomic E-state index is 10.7. The van der Waals surface area contributed by atoms with Gasteiger partial charge in [-0.25, -0.2) is 18.1 Å². The zero-order valence-electron chi connectivity index (χ0n) is 7.07. The topological polar surface area (TPSA) is 64.8 Å². The molecule has 0 N–H and O–H groups in total.